The number of ether oxygens (including phenoxy) is 2. The fourth-order valence-corrected chi connectivity index (χ4v) is 2.86. The van der Waals surface area contributed by atoms with Crippen molar-refractivity contribution >= 4 is 5.91 Å². The first-order valence-electron chi connectivity index (χ1n) is 8.62. The molecule has 2 fully saturated rings. The van der Waals surface area contributed by atoms with Gasteiger partial charge in [-0.2, -0.15) is 0 Å². The largest absolute Gasteiger partial charge is 0.493 e. The SMILES string of the molecule is Cc1nnc(C2COCCN2C(=O)c2ccc(OCC3CC3)cc2)o1. The van der Waals surface area contributed by atoms with Crippen LogP contribution in [0.1, 0.15) is 41.0 Å². The van der Waals surface area contributed by atoms with Gasteiger partial charge in [0.05, 0.1) is 19.8 Å². The number of amides is 1. The van der Waals surface area contributed by atoms with E-state index in [0.29, 0.717) is 43.0 Å². The Morgan fingerprint density at radius 2 is 2.08 bits per heavy atom. The molecule has 2 aromatic rings. The summed E-state index contributed by atoms with van der Waals surface area (Å²) in [5.74, 6) is 2.32. The highest BCUT2D eigenvalue weighted by Gasteiger charge is 2.33. The average molecular weight is 343 g/mol. The summed E-state index contributed by atoms with van der Waals surface area (Å²) >= 11 is 0. The van der Waals surface area contributed by atoms with Gasteiger partial charge < -0.3 is 18.8 Å². The van der Waals surface area contributed by atoms with Crippen LogP contribution in [-0.4, -0.2) is 47.4 Å². The van der Waals surface area contributed by atoms with Crippen LogP contribution >= 0.6 is 0 Å². The van der Waals surface area contributed by atoms with Crippen LogP contribution in [0, 0.1) is 12.8 Å². The number of carbonyl (C=O) groups excluding carboxylic acids is 1. The second-order valence-electron chi connectivity index (χ2n) is 6.53. The Balaban J connectivity index is 1.47. The van der Waals surface area contributed by atoms with Crippen LogP contribution < -0.4 is 4.74 Å². The lowest BCUT2D eigenvalue weighted by Gasteiger charge is -2.33. The smallest absolute Gasteiger partial charge is 0.254 e. The van der Waals surface area contributed by atoms with Crippen molar-refractivity contribution < 1.29 is 18.7 Å². The maximum absolute atomic E-state index is 12.9. The Bertz CT molecular complexity index is 739. The van der Waals surface area contributed by atoms with Crippen LogP contribution in [0.15, 0.2) is 28.7 Å². The zero-order valence-electron chi connectivity index (χ0n) is 14.2. The van der Waals surface area contributed by atoms with Gasteiger partial charge in [-0.3, -0.25) is 4.79 Å². The van der Waals surface area contributed by atoms with Crippen molar-refractivity contribution in [1.29, 1.82) is 0 Å². The minimum absolute atomic E-state index is 0.0714. The third-order valence-electron chi connectivity index (χ3n) is 4.50. The second-order valence-corrected chi connectivity index (χ2v) is 6.53. The van der Waals surface area contributed by atoms with Gasteiger partial charge in [0, 0.05) is 19.0 Å². The predicted molar refractivity (Wildman–Crippen MR) is 88.3 cm³/mol. The van der Waals surface area contributed by atoms with Crippen LogP contribution in [-0.2, 0) is 4.74 Å². The number of benzene rings is 1. The van der Waals surface area contributed by atoms with Gasteiger partial charge in [0.25, 0.3) is 5.91 Å². The summed E-state index contributed by atoms with van der Waals surface area (Å²) in [7, 11) is 0. The van der Waals surface area contributed by atoms with Crippen molar-refractivity contribution in [2.24, 2.45) is 5.92 Å². The molecule has 7 nitrogen and oxygen atoms in total. The lowest BCUT2D eigenvalue weighted by atomic mass is 10.1. The van der Waals surface area contributed by atoms with E-state index in [2.05, 4.69) is 10.2 Å². The summed E-state index contributed by atoms with van der Waals surface area (Å²) in [6.45, 7) is 3.83. The molecular weight excluding hydrogens is 322 g/mol. The van der Waals surface area contributed by atoms with Crippen molar-refractivity contribution in [3.05, 3.63) is 41.6 Å². The second kappa shape index (κ2) is 6.84. The summed E-state index contributed by atoms with van der Waals surface area (Å²) in [6, 6.07) is 6.95. The third kappa shape index (κ3) is 3.66. The molecule has 1 saturated carbocycles. The Morgan fingerprint density at radius 3 is 2.76 bits per heavy atom. The molecule has 1 atom stereocenters. The number of rotatable bonds is 5. The number of nitrogens with zero attached hydrogens (tertiary/aromatic N) is 3. The molecule has 0 bridgehead atoms. The highest BCUT2D eigenvalue weighted by atomic mass is 16.5. The van der Waals surface area contributed by atoms with Crippen molar-refractivity contribution in [2.75, 3.05) is 26.4 Å². The summed E-state index contributed by atoms with van der Waals surface area (Å²) in [5, 5.41) is 7.90. The molecule has 2 heterocycles. The van der Waals surface area contributed by atoms with Gasteiger partial charge >= 0.3 is 0 Å². The average Bonchev–Trinajstić information content (AvgIpc) is 3.39. The van der Waals surface area contributed by atoms with E-state index >= 15 is 0 Å². The minimum atomic E-state index is -0.353. The molecular formula is C18H21N3O4. The first-order valence-corrected chi connectivity index (χ1v) is 8.62. The molecule has 7 heteroatoms. The number of morpholine rings is 1. The fraction of sp³-hybridized carbons (Fsp3) is 0.500. The molecule has 1 unspecified atom stereocenters. The van der Waals surface area contributed by atoms with Gasteiger partial charge in [-0.05, 0) is 43.0 Å². The number of hydrogen-bond donors (Lipinski definition) is 0. The van der Waals surface area contributed by atoms with Crippen LogP contribution in [0.25, 0.3) is 0 Å². The summed E-state index contributed by atoms with van der Waals surface area (Å²) in [4.78, 5) is 14.7. The summed E-state index contributed by atoms with van der Waals surface area (Å²) < 4.78 is 16.7. The molecule has 1 amide bonds. The Hall–Kier alpha value is -2.41. The molecule has 1 aliphatic heterocycles. The zero-order chi connectivity index (χ0) is 17.2. The van der Waals surface area contributed by atoms with E-state index in [1.807, 2.05) is 12.1 Å². The zero-order valence-corrected chi connectivity index (χ0v) is 14.2. The fourth-order valence-electron chi connectivity index (χ4n) is 2.86. The molecule has 0 N–H and O–H groups in total. The first-order chi connectivity index (χ1) is 12.2. The third-order valence-corrected chi connectivity index (χ3v) is 4.50. The van der Waals surface area contributed by atoms with Crippen LogP contribution in [0.5, 0.6) is 5.75 Å². The lowest BCUT2D eigenvalue weighted by molar-refractivity contribution is -0.0106. The normalized spacial score (nSPS) is 20.5. The van der Waals surface area contributed by atoms with Gasteiger partial charge in [0.1, 0.15) is 11.8 Å². The molecule has 132 valence electrons. The molecule has 25 heavy (non-hydrogen) atoms. The molecule has 0 spiro atoms. The number of hydrogen-bond acceptors (Lipinski definition) is 6. The first kappa shape index (κ1) is 16.1. The van der Waals surface area contributed by atoms with Crippen molar-refractivity contribution in [1.82, 2.24) is 15.1 Å². The van der Waals surface area contributed by atoms with E-state index in [9.17, 15) is 4.79 Å². The maximum Gasteiger partial charge on any atom is 0.254 e. The highest BCUT2D eigenvalue weighted by molar-refractivity contribution is 5.94. The number of aromatic nitrogens is 2. The maximum atomic E-state index is 12.9. The molecule has 1 aliphatic carbocycles. The molecule has 1 aromatic heterocycles. The number of carbonyl (C=O) groups is 1. The van der Waals surface area contributed by atoms with Gasteiger partial charge in [0.2, 0.25) is 11.8 Å². The Morgan fingerprint density at radius 1 is 1.28 bits per heavy atom. The lowest BCUT2D eigenvalue weighted by Crippen LogP contribution is -2.43. The van der Waals surface area contributed by atoms with Gasteiger partial charge in [0.15, 0.2) is 0 Å². The van der Waals surface area contributed by atoms with E-state index < -0.39 is 0 Å². The predicted octanol–water partition coefficient (Wildman–Crippen LogP) is 2.38. The van der Waals surface area contributed by atoms with E-state index in [1.54, 1.807) is 24.0 Å². The molecule has 1 aromatic carbocycles. The molecule has 1 saturated heterocycles. The van der Waals surface area contributed by atoms with Crippen molar-refractivity contribution in [3.63, 3.8) is 0 Å². The topological polar surface area (TPSA) is 77.7 Å². The van der Waals surface area contributed by atoms with E-state index in [0.717, 1.165) is 12.4 Å². The van der Waals surface area contributed by atoms with Crippen LogP contribution in [0.4, 0.5) is 0 Å². The molecule has 2 aliphatic rings. The Labute approximate surface area is 145 Å². The summed E-state index contributed by atoms with van der Waals surface area (Å²) in [6.07, 6.45) is 2.51. The molecule has 4 rings (SSSR count). The van der Waals surface area contributed by atoms with E-state index in [1.165, 1.54) is 12.8 Å². The van der Waals surface area contributed by atoms with Crippen LogP contribution in [0.3, 0.4) is 0 Å². The quantitative estimate of drug-likeness (QED) is 0.829. The number of aryl methyl sites for hydroxylation is 1. The van der Waals surface area contributed by atoms with Crippen molar-refractivity contribution in [2.45, 2.75) is 25.8 Å². The molecule has 0 radical (unpaired) electrons. The van der Waals surface area contributed by atoms with Crippen molar-refractivity contribution in [3.8, 4) is 5.75 Å². The Kier molecular flexibility index (Phi) is 4.40. The monoisotopic (exact) mass is 343 g/mol. The van der Waals surface area contributed by atoms with Gasteiger partial charge in [-0.15, -0.1) is 10.2 Å². The minimum Gasteiger partial charge on any atom is -0.493 e. The standard InChI is InChI=1S/C18H21N3O4/c1-12-19-20-17(25-12)16-11-23-9-8-21(16)18(22)14-4-6-15(7-5-14)24-10-13-2-3-13/h4-7,13,16H,2-3,8-11H2,1H3. The van der Waals surface area contributed by atoms with E-state index in [4.69, 9.17) is 13.9 Å². The van der Waals surface area contributed by atoms with Crippen LogP contribution in [0.2, 0.25) is 0 Å². The van der Waals surface area contributed by atoms with Gasteiger partial charge in [-0.1, -0.05) is 0 Å². The highest BCUT2D eigenvalue weighted by Crippen LogP contribution is 2.30. The summed E-state index contributed by atoms with van der Waals surface area (Å²) in [5.41, 5.74) is 0.613. The van der Waals surface area contributed by atoms with Gasteiger partial charge in [-0.25, -0.2) is 0 Å². The van der Waals surface area contributed by atoms with E-state index in [-0.39, 0.29) is 11.9 Å².